The molecule has 0 N–H and O–H groups in total. The van der Waals surface area contributed by atoms with E-state index in [0.29, 0.717) is 5.95 Å². The molecule has 0 unspecified atom stereocenters. The molecule has 0 fully saturated rings. The zero-order chi connectivity index (χ0) is 76.4. The summed E-state index contributed by atoms with van der Waals surface area (Å²) < 4.78 is 19.1. The molecule has 544 valence electrons. The Morgan fingerprint density at radius 1 is 0.259 bits per heavy atom. The van der Waals surface area contributed by atoms with Gasteiger partial charge in [-0.3, -0.25) is 9.13 Å². The largest absolute Gasteiger partial charge is 0.456 e. The van der Waals surface area contributed by atoms with Crippen LogP contribution >= 0.6 is 11.3 Å². The first-order chi connectivity index (χ1) is 57.6. The van der Waals surface area contributed by atoms with Crippen molar-refractivity contribution < 1.29 is 4.42 Å². The Balaban J connectivity index is 0.000000137. The molecule has 8 aromatic heterocycles. The number of pyridine rings is 1. The SMILES string of the molecule is c1ccc(-n2c3ccccc3c3cc4c(cc32)c2ccccc2n4-c2nccc([Si](c3ccccc3)(c3ccccc3)c3cccc4c3oc3ccccc34)n2)cc1.c1ccc(-n2c3ccccc3c3ccc4c5ccccc5n(-c5cc([Si](c6ccccc6)(c6ccccc6)c6cccc7c6sc6ccccc67)ccn5)c4c32)cc1. The van der Waals surface area contributed by atoms with Gasteiger partial charge in [-0.25, -0.2) is 15.0 Å². The normalized spacial score (nSPS) is 12.1. The van der Waals surface area contributed by atoms with Crippen LogP contribution in [0, 0.1) is 0 Å². The summed E-state index contributed by atoms with van der Waals surface area (Å²) in [6, 6.07) is 148. The highest BCUT2D eigenvalue weighted by molar-refractivity contribution is 7.30. The zero-order valence-electron chi connectivity index (χ0n) is 62.8. The van der Waals surface area contributed by atoms with E-state index >= 15 is 0 Å². The van der Waals surface area contributed by atoms with Gasteiger partial charge in [-0.1, -0.05) is 315 Å². The molecule has 0 aliphatic rings. The monoisotopic (exact) mass is 1530 g/mol. The van der Waals surface area contributed by atoms with Gasteiger partial charge in [-0.2, -0.15) is 0 Å². The van der Waals surface area contributed by atoms with Crippen LogP contribution in [0.1, 0.15) is 0 Å². The van der Waals surface area contributed by atoms with Crippen LogP contribution in [0.3, 0.4) is 0 Å². The molecular formula is C105H69N7OSSi2. The molecule has 0 amide bonds. The second-order valence-electron chi connectivity index (χ2n) is 30.0. The number of hydrogen-bond acceptors (Lipinski definition) is 5. The van der Waals surface area contributed by atoms with Crippen LogP contribution in [-0.4, -0.2) is 49.4 Å². The first-order valence-electron chi connectivity index (χ1n) is 39.5. The molecule has 8 nitrogen and oxygen atoms in total. The van der Waals surface area contributed by atoms with E-state index < -0.39 is 16.1 Å². The Hall–Kier alpha value is -14.6. The Labute approximate surface area is 673 Å². The average molecular weight is 1530 g/mol. The van der Waals surface area contributed by atoms with Crippen LogP contribution in [0.2, 0.25) is 0 Å². The maximum atomic E-state index is 6.87. The van der Waals surface area contributed by atoms with Gasteiger partial charge < -0.3 is 13.6 Å². The lowest BCUT2D eigenvalue weighted by Crippen LogP contribution is -2.75. The van der Waals surface area contributed by atoms with Crippen molar-refractivity contribution in [1.82, 2.24) is 33.2 Å². The lowest BCUT2D eigenvalue weighted by molar-refractivity contribution is 0.671. The van der Waals surface area contributed by atoms with E-state index in [9.17, 15) is 0 Å². The molecule has 0 atom stereocenters. The predicted octanol–water partition coefficient (Wildman–Crippen LogP) is 21.0. The van der Waals surface area contributed by atoms with Crippen LogP contribution in [-0.2, 0) is 0 Å². The molecule has 0 spiro atoms. The summed E-state index contributed by atoms with van der Waals surface area (Å²) in [6.45, 7) is 0. The Bertz CT molecular complexity index is 7870. The van der Waals surface area contributed by atoms with Crippen molar-refractivity contribution in [2.45, 2.75) is 0 Å². The van der Waals surface area contributed by atoms with Crippen LogP contribution in [0.15, 0.2) is 423 Å². The van der Waals surface area contributed by atoms with Crippen molar-refractivity contribution in [3.63, 3.8) is 0 Å². The van der Waals surface area contributed by atoms with Crippen LogP contribution in [0.25, 0.3) is 152 Å². The highest BCUT2D eigenvalue weighted by atomic mass is 32.1. The van der Waals surface area contributed by atoms with Crippen molar-refractivity contribution in [2.24, 2.45) is 0 Å². The number of hydrogen-bond donors (Lipinski definition) is 0. The highest BCUT2D eigenvalue weighted by Gasteiger charge is 2.47. The van der Waals surface area contributed by atoms with E-state index in [1.54, 1.807) is 0 Å². The van der Waals surface area contributed by atoms with Crippen LogP contribution in [0.4, 0.5) is 0 Å². The molecule has 0 bridgehead atoms. The molecule has 24 rings (SSSR count). The number of rotatable bonds is 12. The van der Waals surface area contributed by atoms with E-state index in [-0.39, 0.29) is 0 Å². The minimum Gasteiger partial charge on any atom is -0.456 e. The lowest BCUT2D eigenvalue weighted by Gasteiger charge is -2.35. The highest BCUT2D eigenvalue weighted by Crippen LogP contribution is 2.44. The third-order valence-electron chi connectivity index (χ3n) is 24.0. The molecule has 0 aliphatic carbocycles. The summed E-state index contributed by atoms with van der Waals surface area (Å²) in [5, 5.41) is 24.4. The Morgan fingerprint density at radius 3 is 1.27 bits per heavy atom. The van der Waals surface area contributed by atoms with Crippen LogP contribution in [0.5, 0.6) is 0 Å². The van der Waals surface area contributed by atoms with Crippen molar-refractivity contribution in [3.8, 4) is 23.1 Å². The smallest absolute Gasteiger partial charge is 0.234 e. The molecule has 8 heterocycles. The summed E-state index contributed by atoms with van der Waals surface area (Å²) in [6.07, 6.45) is 4.00. The minimum absolute atomic E-state index is 0.635. The quantitative estimate of drug-likeness (QED) is 0.0903. The fraction of sp³-hybridized carbons (Fsp3) is 0. The fourth-order valence-electron chi connectivity index (χ4n) is 19.2. The number of furan rings is 1. The van der Waals surface area contributed by atoms with Crippen molar-refractivity contribution in [1.29, 1.82) is 0 Å². The molecule has 24 aromatic rings. The first kappa shape index (κ1) is 67.1. The van der Waals surface area contributed by atoms with Gasteiger partial charge in [0.1, 0.15) is 17.0 Å². The van der Waals surface area contributed by atoms with E-state index in [1.165, 1.54) is 100 Å². The van der Waals surface area contributed by atoms with Gasteiger partial charge in [0.05, 0.1) is 44.1 Å². The van der Waals surface area contributed by atoms with Gasteiger partial charge in [0.15, 0.2) is 8.07 Å². The number of thiophene rings is 1. The lowest BCUT2D eigenvalue weighted by atomic mass is 10.1. The van der Waals surface area contributed by atoms with Gasteiger partial charge in [-0.05, 0) is 127 Å². The molecule has 11 heteroatoms. The number of fused-ring (bicyclic) bond motifs is 19. The first-order valence-corrected chi connectivity index (χ1v) is 44.3. The Kier molecular flexibility index (Phi) is 15.7. The van der Waals surface area contributed by atoms with Gasteiger partial charge >= 0.3 is 0 Å². The maximum absolute atomic E-state index is 6.87. The predicted molar refractivity (Wildman–Crippen MR) is 491 cm³/mol. The topological polar surface area (TPSA) is 71.5 Å². The molecule has 0 saturated heterocycles. The van der Waals surface area contributed by atoms with Gasteiger partial charge in [0.2, 0.25) is 14.0 Å². The maximum Gasteiger partial charge on any atom is 0.234 e. The molecule has 16 aromatic carbocycles. The number of benzene rings is 16. The van der Waals surface area contributed by atoms with Crippen LogP contribution < -0.4 is 41.6 Å². The Morgan fingerprint density at radius 2 is 0.681 bits per heavy atom. The second kappa shape index (κ2) is 27.1. The van der Waals surface area contributed by atoms with Crippen molar-refractivity contribution in [2.75, 3.05) is 0 Å². The van der Waals surface area contributed by atoms with Crippen molar-refractivity contribution >= 4 is 198 Å². The fourth-order valence-corrected chi connectivity index (χ4v) is 30.5. The molecule has 0 aliphatic heterocycles. The van der Waals surface area contributed by atoms with E-state index in [0.717, 1.165) is 88.0 Å². The summed E-state index contributed by atoms with van der Waals surface area (Å²) in [5.41, 5.74) is 13.2. The summed E-state index contributed by atoms with van der Waals surface area (Å²) >= 11 is 1.92. The summed E-state index contributed by atoms with van der Waals surface area (Å²) in [5.74, 6) is 1.55. The zero-order valence-corrected chi connectivity index (χ0v) is 65.6. The number of para-hydroxylation sites is 8. The summed E-state index contributed by atoms with van der Waals surface area (Å²) in [4.78, 5) is 16.2. The molecular weight excluding hydrogens is 1460 g/mol. The molecule has 0 radical (unpaired) electrons. The average Bonchev–Trinajstić information content (AvgIpc) is 1.39. The molecule has 116 heavy (non-hydrogen) atoms. The summed E-state index contributed by atoms with van der Waals surface area (Å²) in [7, 11) is -6.18. The third kappa shape index (κ3) is 10.1. The van der Waals surface area contributed by atoms with E-state index in [2.05, 4.69) is 425 Å². The second-order valence-corrected chi connectivity index (χ2v) is 38.5. The number of aromatic nitrogens is 7. The van der Waals surface area contributed by atoms with Gasteiger partial charge in [-0.15, -0.1) is 11.3 Å². The standard InChI is InChI=1S/C53H35N3SSi.C52H34N4OSi/c1-4-17-36(18-5-1)55-46-27-13-10-23-40(46)43-31-32-44-41-24-11-14-28-47(41)56(52(44)51(43)55)50-35-39(33-34-54-50)58(37-19-6-2-7-20-37,38-21-8-3-9-22-38)49-30-16-26-45-42-25-12-15-29-48(42)57-53(45)49;1-4-17-35(18-5-1)55-44-27-13-10-23-38(44)42-34-47-43(33-46(42)55)39-24-11-14-28-45(39)56(47)52-53-32-31-50(54-52)58(36-19-6-2-7-20-36,37-21-8-3-9-22-37)49-30-16-26-41-40-25-12-15-29-48(40)57-51(41)49/h1-35H;1-34H. The van der Waals surface area contributed by atoms with Gasteiger partial charge in [0, 0.05) is 103 Å². The van der Waals surface area contributed by atoms with Gasteiger partial charge in [0.25, 0.3) is 0 Å². The van der Waals surface area contributed by atoms with Crippen molar-refractivity contribution in [3.05, 3.63) is 419 Å². The van der Waals surface area contributed by atoms with E-state index in [4.69, 9.17) is 19.4 Å². The third-order valence-corrected chi connectivity index (χ3v) is 34.9. The van der Waals surface area contributed by atoms with E-state index in [1.807, 2.05) is 23.6 Å². The number of nitrogens with zero attached hydrogens (tertiary/aromatic N) is 7. The molecule has 0 saturated carbocycles. The minimum atomic E-state index is -3.18.